The molecule has 0 saturated carbocycles. The summed E-state index contributed by atoms with van der Waals surface area (Å²) < 4.78 is 13.4. The highest BCUT2D eigenvalue weighted by molar-refractivity contribution is 5.56. The molecule has 0 fully saturated rings. The number of aryl methyl sites for hydroxylation is 1. The van der Waals surface area contributed by atoms with Gasteiger partial charge in [0.15, 0.2) is 0 Å². The van der Waals surface area contributed by atoms with Crippen LogP contribution < -0.4 is 4.90 Å². The van der Waals surface area contributed by atoms with E-state index < -0.39 is 6.10 Å². The van der Waals surface area contributed by atoms with Crippen LogP contribution in [0.4, 0.5) is 10.1 Å². The SMILES string of the molecule is C#CCN(C)c1cc(C)c(F)cc1C(C)O. The number of aliphatic hydroxyl groups excluding tert-OH is 1. The van der Waals surface area contributed by atoms with Crippen LogP contribution in [0.15, 0.2) is 12.1 Å². The summed E-state index contributed by atoms with van der Waals surface area (Å²) in [5.41, 5.74) is 1.87. The molecule has 0 heterocycles. The van der Waals surface area contributed by atoms with Crippen molar-refractivity contribution in [1.82, 2.24) is 0 Å². The molecule has 1 N–H and O–H groups in total. The molecule has 0 aliphatic heterocycles. The maximum Gasteiger partial charge on any atom is 0.126 e. The summed E-state index contributed by atoms with van der Waals surface area (Å²) in [4.78, 5) is 1.81. The van der Waals surface area contributed by atoms with Crippen molar-refractivity contribution in [1.29, 1.82) is 0 Å². The molecule has 0 radical (unpaired) electrons. The fraction of sp³-hybridized carbons (Fsp3) is 0.385. The van der Waals surface area contributed by atoms with E-state index in [2.05, 4.69) is 5.92 Å². The average molecular weight is 221 g/mol. The van der Waals surface area contributed by atoms with Gasteiger partial charge in [-0.3, -0.25) is 0 Å². The lowest BCUT2D eigenvalue weighted by molar-refractivity contribution is 0.199. The van der Waals surface area contributed by atoms with E-state index in [9.17, 15) is 9.50 Å². The van der Waals surface area contributed by atoms with Gasteiger partial charge in [0.05, 0.1) is 12.6 Å². The molecule has 0 amide bonds. The van der Waals surface area contributed by atoms with Gasteiger partial charge in [-0.05, 0) is 31.5 Å². The Morgan fingerprint density at radius 3 is 2.69 bits per heavy atom. The fourth-order valence-corrected chi connectivity index (χ4v) is 1.57. The lowest BCUT2D eigenvalue weighted by atomic mass is 10.0. The lowest BCUT2D eigenvalue weighted by Gasteiger charge is -2.22. The Balaban J connectivity index is 3.25. The Hall–Kier alpha value is -1.53. The van der Waals surface area contributed by atoms with E-state index in [4.69, 9.17) is 6.42 Å². The highest BCUT2D eigenvalue weighted by Crippen LogP contribution is 2.28. The van der Waals surface area contributed by atoms with E-state index in [-0.39, 0.29) is 5.82 Å². The van der Waals surface area contributed by atoms with Gasteiger partial charge >= 0.3 is 0 Å². The zero-order valence-electron chi connectivity index (χ0n) is 9.79. The molecule has 0 aromatic heterocycles. The number of nitrogens with zero attached hydrogens (tertiary/aromatic N) is 1. The van der Waals surface area contributed by atoms with E-state index in [0.717, 1.165) is 5.69 Å². The minimum Gasteiger partial charge on any atom is -0.389 e. The van der Waals surface area contributed by atoms with Gasteiger partial charge < -0.3 is 10.0 Å². The highest BCUT2D eigenvalue weighted by atomic mass is 19.1. The predicted molar refractivity (Wildman–Crippen MR) is 63.9 cm³/mol. The molecular weight excluding hydrogens is 205 g/mol. The first-order valence-electron chi connectivity index (χ1n) is 5.10. The second-order valence-electron chi connectivity index (χ2n) is 3.90. The molecule has 0 saturated heterocycles. The lowest BCUT2D eigenvalue weighted by Crippen LogP contribution is -2.19. The first-order valence-corrected chi connectivity index (χ1v) is 5.10. The van der Waals surface area contributed by atoms with Crippen molar-refractivity contribution in [3.8, 4) is 12.3 Å². The van der Waals surface area contributed by atoms with Crippen molar-refractivity contribution in [3.05, 3.63) is 29.1 Å². The van der Waals surface area contributed by atoms with E-state index in [0.29, 0.717) is 17.7 Å². The summed E-state index contributed by atoms with van der Waals surface area (Å²) in [6.07, 6.45) is 4.52. The van der Waals surface area contributed by atoms with Gasteiger partial charge in [-0.15, -0.1) is 6.42 Å². The van der Waals surface area contributed by atoms with Gasteiger partial charge in [0.1, 0.15) is 5.82 Å². The van der Waals surface area contributed by atoms with E-state index >= 15 is 0 Å². The zero-order valence-corrected chi connectivity index (χ0v) is 9.79. The van der Waals surface area contributed by atoms with Crippen LogP contribution >= 0.6 is 0 Å². The Morgan fingerprint density at radius 2 is 2.19 bits per heavy atom. The van der Waals surface area contributed by atoms with Crippen LogP contribution in [0.2, 0.25) is 0 Å². The zero-order chi connectivity index (χ0) is 12.3. The third kappa shape index (κ3) is 2.53. The van der Waals surface area contributed by atoms with Crippen molar-refractivity contribution in [3.63, 3.8) is 0 Å². The summed E-state index contributed by atoms with van der Waals surface area (Å²) in [5, 5.41) is 9.59. The molecule has 3 heteroatoms. The van der Waals surface area contributed by atoms with Crippen LogP contribution in [0, 0.1) is 25.1 Å². The van der Waals surface area contributed by atoms with Crippen LogP contribution in [0.1, 0.15) is 24.2 Å². The predicted octanol–water partition coefficient (Wildman–Crippen LogP) is 2.26. The van der Waals surface area contributed by atoms with Crippen molar-refractivity contribution in [2.45, 2.75) is 20.0 Å². The number of halogens is 1. The standard InChI is InChI=1S/C13H16FNO/c1-5-6-15(4)13-7-9(2)12(14)8-11(13)10(3)16/h1,7-8,10,16H,6H2,2-4H3. The second kappa shape index (κ2) is 5.00. The molecule has 1 unspecified atom stereocenters. The molecule has 86 valence electrons. The van der Waals surface area contributed by atoms with Gasteiger partial charge in [0.2, 0.25) is 0 Å². The molecule has 0 spiro atoms. The number of rotatable bonds is 3. The summed E-state index contributed by atoms with van der Waals surface area (Å²) in [6, 6.07) is 3.07. The molecule has 16 heavy (non-hydrogen) atoms. The van der Waals surface area contributed by atoms with Crippen LogP contribution in [0.25, 0.3) is 0 Å². The normalized spacial score (nSPS) is 12.0. The number of aliphatic hydroxyl groups is 1. The Bertz CT molecular complexity index is 421. The minimum atomic E-state index is -0.717. The molecule has 0 bridgehead atoms. The van der Waals surface area contributed by atoms with Crippen LogP contribution in [0.5, 0.6) is 0 Å². The molecule has 1 rings (SSSR count). The number of hydrogen-bond donors (Lipinski definition) is 1. The van der Waals surface area contributed by atoms with Gasteiger partial charge in [-0.25, -0.2) is 4.39 Å². The third-order valence-corrected chi connectivity index (χ3v) is 2.50. The van der Waals surface area contributed by atoms with Gasteiger partial charge in [0.25, 0.3) is 0 Å². The topological polar surface area (TPSA) is 23.5 Å². The largest absolute Gasteiger partial charge is 0.389 e. The molecule has 0 aliphatic rings. The number of hydrogen-bond acceptors (Lipinski definition) is 2. The summed E-state index contributed by atoms with van der Waals surface area (Å²) >= 11 is 0. The molecule has 1 aromatic carbocycles. The van der Waals surface area contributed by atoms with Crippen LogP contribution in [0.3, 0.4) is 0 Å². The number of benzene rings is 1. The van der Waals surface area contributed by atoms with Crippen molar-refractivity contribution in [2.24, 2.45) is 0 Å². The Morgan fingerprint density at radius 1 is 1.56 bits per heavy atom. The van der Waals surface area contributed by atoms with Gasteiger partial charge in [0, 0.05) is 18.3 Å². The first-order chi connectivity index (χ1) is 7.47. The van der Waals surface area contributed by atoms with Crippen LogP contribution in [-0.4, -0.2) is 18.7 Å². The number of anilines is 1. The monoisotopic (exact) mass is 221 g/mol. The van der Waals surface area contributed by atoms with Gasteiger partial charge in [-0.2, -0.15) is 0 Å². The molecule has 1 atom stereocenters. The summed E-state index contributed by atoms with van der Waals surface area (Å²) in [7, 11) is 1.82. The highest BCUT2D eigenvalue weighted by Gasteiger charge is 2.14. The Kier molecular flexibility index (Phi) is 3.92. The van der Waals surface area contributed by atoms with Crippen molar-refractivity contribution >= 4 is 5.69 Å². The smallest absolute Gasteiger partial charge is 0.126 e. The molecular formula is C13H16FNO. The maximum absolute atomic E-state index is 13.4. The molecule has 0 aliphatic carbocycles. The maximum atomic E-state index is 13.4. The second-order valence-corrected chi connectivity index (χ2v) is 3.90. The average Bonchev–Trinajstić information content (AvgIpc) is 2.21. The molecule has 1 aromatic rings. The van der Waals surface area contributed by atoms with E-state index in [1.807, 2.05) is 11.9 Å². The Labute approximate surface area is 95.7 Å². The van der Waals surface area contributed by atoms with Gasteiger partial charge in [-0.1, -0.05) is 5.92 Å². The summed E-state index contributed by atoms with van der Waals surface area (Å²) in [6.45, 7) is 3.72. The van der Waals surface area contributed by atoms with E-state index in [1.54, 1.807) is 19.9 Å². The quantitative estimate of drug-likeness (QED) is 0.791. The van der Waals surface area contributed by atoms with Crippen molar-refractivity contribution < 1.29 is 9.50 Å². The number of terminal acetylenes is 1. The molecule has 2 nitrogen and oxygen atoms in total. The summed E-state index contributed by atoms with van der Waals surface area (Å²) in [5.74, 6) is 2.21. The third-order valence-electron chi connectivity index (χ3n) is 2.50. The fourth-order valence-electron chi connectivity index (χ4n) is 1.57. The first kappa shape index (κ1) is 12.5. The van der Waals surface area contributed by atoms with Crippen molar-refractivity contribution in [2.75, 3.05) is 18.5 Å². The van der Waals surface area contributed by atoms with E-state index in [1.165, 1.54) is 6.07 Å². The van der Waals surface area contributed by atoms with Crippen LogP contribution in [-0.2, 0) is 0 Å². The minimum absolute atomic E-state index is 0.311.